The highest BCUT2D eigenvalue weighted by Gasteiger charge is 2.31. The predicted molar refractivity (Wildman–Crippen MR) is 85.7 cm³/mol. The molecular formula is C15H23FN2O3S. The highest BCUT2D eigenvalue weighted by atomic mass is 32.2. The van der Waals surface area contributed by atoms with Crippen LogP contribution in [-0.2, 0) is 14.8 Å². The maximum Gasteiger partial charge on any atom is 0.243 e. The summed E-state index contributed by atoms with van der Waals surface area (Å²) in [4.78, 5) is 12.3. The van der Waals surface area contributed by atoms with Crippen LogP contribution in [0.5, 0.6) is 0 Å². The number of unbranched alkanes of at least 4 members (excludes halogenated alkanes) is 1. The van der Waals surface area contributed by atoms with E-state index in [2.05, 4.69) is 5.32 Å². The lowest BCUT2D eigenvalue weighted by Crippen LogP contribution is -2.49. The van der Waals surface area contributed by atoms with Gasteiger partial charge >= 0.3 is 0 Å². The van der Waals surface area contributed by atoms with E-state index in [4.69, 9.17) is 0 Å². The second-order valence-corrected chi connectivity index (χ2v) is 6.96. The van der Waals surface area contributed by atoms with Crippen molar-refractivity contribution in [2.45, 2.75) is 39.2 Å². The van der Waals surface area contributed by atoms with Crippen LogP contribution < -0.4 is 9.62 Å². The summed E-state index contributed by atoms with van der Waals surface area (Å²) in [7, 11) is -3.67. The smallest absolute Gasteiger partial charge is 0.243 e. The Kier molecular flexibility index (Phi) is 6.80. The van der Waals surface area contributed by atoms with Gasteiger partial charge in [-0.2, -0.15) is 0 Å². The van der Waals surface area contributed by atoms with E-state index in [0.717, 1.165) is 23.4 Å². The number of sulfonamides is 1. The van der Waals surface area contributed by atoms with Gasteiger partial charge in [0, 0.05) is 6.54 Å². The van der Waals surface area contributed by atoms with E-state index in [9.17, 15) is 17.6 Å². The molecule has 124 valence electrons. The lowest BCUT2D eigenvalue weighted by molar-refractivity contribution is -0.122. The zero-order valence-electron chi connectivity index (χ0n) is 13.2. The molecule has 7 heteroatoms. The zero-order chi connectivity index (χ0) is 16.8. The molecule has 1 atom stereocenters. The Morgan fingerprint density at radius 2 is 1.86 bits per heavy atom. The zero-order valence-corrected chi connectivity index (χ0v) is 14.0. The highest BCUT2D eigenvalue weighted by molar-refractivity contribution is 7.92. The van der Waals surface area contributed by atoms with Crippen LogP contribution in [0.4, 0.5) is 10.1 Å². The first-order valence-corrected chi connectivity index (χ1v) is 9.18. The number of nitrogens with one attached hydrogen (secondary N) is 1. The SMILES string of the molecule is CCCCNC(=O)[C@H](CC)N(c1ccc(F)cc1)S(C)(=O)=O. The van der Waals surface area contributed by atoms with E-state index in [-0.39, 0.29) is 11.6 Å². The molecule has 0 saturated heterocycles. The molecule has 1 N–H and O–H groups in total. The third-order valence-corrected chi connectivity index (χ3v) is 4.42. The van der Waals surface area contributed by atoms with Gasteiger partial charge in [-0.15, -0.1) is 0 Å². The summed E-state index contributed by atoms with van der Waals surface area (Å²) < 4.78 is 38.3. The minimum Gasteiger partial charge on any atom is -0.354 e. The summed E-state index contributed by atoms with van der Waals surface area (Å²) in [5, 5.41) is 2.75. The van der Waals surface area contributed by atoms with Crippen molar-refractivity contribution in [3.8, 4) is 0 Å². The van der Waals surface area contributed by atoms with Crippen molar-refractivity contribution < 1.29 is 17.6 Å². The molecule has 0 unspecified atom stereocenters. The van der Waals surface area contributed by atoms with Crippen molar-refractivity contribution in [2.75, 3.05) is 17.1 Å². The molecule has 0 spiro atoms. The molecular weight excluding hydrogens is 307 g/mol. The predicted octanol–water partition coefficient (Wildman–Crippen LogP) is 2.29. The topological polar surface area (TPSA) is 66.5 Å². The first kappa shape index (κ1) is 18.4. The van der Waals surface area contributed by atoms with Crippen LogP contribution in [0, 0.1) is 5.82 Å². The van der Waals surface area contributed by atoms with Crippen molar-refractivity contribution in [3.05, 3.63) is 30.1 Å². The van der Waals surface area contributed by atoms with E-state index in [1.165, 1.54) is 24.3 Å². The molecule has 0 heterocycles. The van der Waals surface area contributed by atoms with Crippen LogP contribution in [0.2, 0.25) is 0 Å². The Morgan fingerprint density at radius 3 is 2.32 bits per heavy atom. The van der Waals surface area contributed by atoms with Crippen LogP contribution in [0.25, 0.3) is 0 Å². The number of rotatable bonds is 8. The van der Waals surface area contributed by atoms with Crippen molar-refractivity contribution in [2.24, 2.45) is 0 Å². The fraction of sp³-hybridized carbons (Fsp3) is 0.533. The normalized spacial score (nSPS) is 12.7. The lowest BCUT2D eigenvalue weighted by Gasteiger charge is -2.30. The molecule has 22 heavy (non-hydrogen) atoms. The highest BCUT2D eigenvalue weighted by Crippen LogP contribution is 2.22. The molecule has 1 amide bonds. The number of carbonyl (C=O) groups excluding carboxylic acids is 1. The standard InChI is InChI=1S/C15H23FN2O3S/c1-4-6-11-17-15(19)14(5-2)18(22(3,20)21)13-9-7-12(16)8-10-13/h7-10,14H,4-6,11H2,1-3H3,(H,17,19)/t14-/m0/s1. The average molecular weight is 330 g/mol. The fourth-order valence-corrected chi connectivity index (χ4v) is 3.37. The summed E-state index contributed by atoms with van der Waals surface area (Å²) >= 11 is 0. The molecule has 0 saturated carbocycles. The lowest BCUT2D eigenvalue weighted by atomic mass is 10.2. The van der Waals surface area contributed by atoms with E-state index in [1.54, 1.807) is 6.92 Å². The van der Waals surface area contributed by atoms with Crippen molar-refractivity contribution >= 4 is 21.6 Å². The number of hydrogen-bond donors (Lipinski definition) is 1. The quantitative estimate of drug-likeness (QED) is 0.744. The summed E-state index contributed by atoms with van der Waals surface area (Å²) in [5.74, 6) is -0.802. The summed E-state index contributed by atoms with van der Waals surface area (Å²) in [6.07, 6.45) is 3.13. The number of amides is 1. The third kappa shape index (κ3) is 4.98. The Morgan fingerprint density at radius 1 is 1.27 bits per heavy atom. The number of hydrogen-bond acceptors (Lipinski definition) is 3. The van der Waals surface area contributed by atoms with Gasteiger partial charge in [-0.1, -0.05) is 20.3 Å². The van der Waals surface area contributed by atoms with Crippen molar-refractivity contribution in [1.82, 2.24) is 5.32 Å². The maximum absolute atomic E-state index is 13.0. The number of nitrogens with zero attached hydrogens (tertiary/aromatic N) is 1. The monoisotopic (exact) mass is 330 g/mol. The first-order chi connectivity index (χ1) is 10.3. The van der Waals surface area contributed by atoms with Gasteiger partial charge in [0.15, 0.2) is 0 Å². The largest absolute Gasteiger partial charge is 0.354 e. The minimum atomic E-state index is -3.67. The van der Waals surface area contributed by atoms with E-state index in [1.807, 2.05) is 6.92 Å². The van der Waals surface area contributed by atoms with Gasteiger partial charge in [0.25, 0.3) is 0 Å². The number of halogens is 1. The molecule has 0 radical (unpaired) electrons. The summed E-state index contributed by atoms with van der Waals surface area (Å²) in [5.41, 5.74) is 0.279. The van der Waals surface area contributed by atoms with Gasteiger partial charge in [-0.05, 0) is 37.1 Å². The van der Waals surface area contributed by atoms with Crippen LogP contribution >= 0.6 is 0 Å². The van der Waals surface area contributed by atoms with Gasteiger partial charge in [0.2, 0.25) is 15.9 Å². The molecule has 0 aliphatic rings. The van der Waals surface area contributed by atoms with Crippen LogP contribution in [-0.4, -0.2) is 33.2 Å². The van der Waals surface area contributed by atoms with E-state index < -0.39 is 21.9 Å². The second kappa shape index (κ2) is 8.12. The second-order valence-electron chi connectivity index (χ2n) is 5.10. The molecule has 1 rings (SSSR count). The minimum absolute atomic E-state index is 0.279. The van der Waals surface area contributed by atoms with Gasteiger partial charge in [0.1, 0.15) is 11.9 Å². The molecule has 0 aliphatic carbocycles. The maximum atomic E-state index is 13.0. The number of carbonyl (C=O) groups is 1. The molecule has 0 bridgehead atoms. The fourth-order valence-electron chi connectivity index (χ4n) is 2.15. The Labute approximate surface area is 131 Å². The summed E-state index contributed by atoms with van der Waals surface area (Å²) in [6.45, 7) is 4.25. The summed E-state index contributed by atoms with van der Waals surface area (Å²) in [6, 6.07) is 4.22. The first-order valence-electron chi connectivity index (χ1n) is 7.34. The van der Waals surface area contributed by atoms with Crippen LogP contribution in [0.3, 0.4) is 0 Å². The van der Waals surface area contributed by atoms with Crippen LogP contribution in [0.1, 0.15) is 33.1 Å². The van der Waals surface area contributed by atoms with Gasteiger partial charge in [-0.25, -0.2) is 12.8 Å². The molecule has 5 nitrogen and oxygen atoms in total. The molecule has 0 fully saturated rings. The van der Waals surface area contributed by atoms with Gasteiger partial charge in [-0.3, -0.25) is 9.10 Å². The van der Waals surface area contributed by atoms with E-state index in [0.29, 0.717) is 13.0 Å². The third-order valence-electron chi connectivity index (χ3n) is 3.24. The Balaban J connectivity index is 3.08. The number of benzene rings is 1. The van der Waals surface area contributed by atoms with Crippen molar-refractivity contribution in [3.63, 3.8) is 0 Å². The number of anilines is 1. The van der Waals surface area contributed by atoms with E-state index >= 15 is 0 Å². The van der Waals surface area contributed by atoms with Crippen molar-refractivity contribution in [1.29, 1.82) is 0 Å². The molecule has 0 aliphatic heterocycles. The Bertz CT molecular complexity index is 587. The molecule has 0 aromatic heterocycles. The molecule has 1 aromatic carbocycles. The van der Waals surface area contributed by atoms with Gasteiger partial charge in [0.05, 0.1) is 11.9 Å². The van der Waals surface area contributed by atoms with Crippen LogP contribution in [0.15, 0.2) is 24.3 Å². The average Bonchev–Trinajstić information content (AvgIpc) is 2.44. The molecule has 1 aromatic rings. The van der Waals surface area contributed by atoms with Gasteiger partial charge < -0.3 is 5.32 Å². The Hall–Kier alpha value is -1.63.